The van der Waals surface area contributed by atoms with Gasteiger partial charge in [-0.2, -0.15) is 0 Å². The van der Waals surface area contributed by atoms with Crippen molar-refractivity contribution in [2.75, 3.05) is 6.54 Å². The summed E-state index contributed by atoms with van der Waals surface area (Å²) in [5.41, 5.74) is 6.00. The molecule has 0 bridgehead atoms. The molecule has 18 heavy (non-hydrogen) atoms. The highest BCUT2D eigenvalue weighted by Crippen LogP contribution is 2.26. The maximum absolute atomic E-state index is 6.00. The first-order chi connectivity index (χ1) is 8.69. The highest BCUT2D eigenvalue weighted by molar-refractivity contribution is 9.10. The van der Waals surface area contributed by atoms with Crippen molar-refractivity contribution < 1.29 is 0 Å². The standard InChI is InChI=1S/C14H23BrN2S/c1-2-7-17(9-14-8-11(15)10-18-14)13-5-3-12(16)4-6-13/h8,10,12-13H,2-7,9,16H2,1H3. The zero-order chi connectivity index (χ0) is 13.0. The third kappa shape index (κ3) is 4.05. The molecule has 0 spiro atoms. The molecule has 102 valence electrons. The highest BCUT2D eigenvalue weighted by atomic mass is 79.9. The van der Waals surface area contributed by atoms with E-state index in [1.165, 1.54) is 48.0 Å². The van der Waals surface area contributed by atoms with Crippen LogP contribution in [-0.4, -0.2) is 23.5 Å². The lowest BCUT2D eigenvalue weighted by atomic mass is 9.90. The molecule has 1 aliphatic carbocycles. The summed E-state index contributed by atoms with van der Waals surface area (Å²) in [5, 5.41) is 2.18. The Morgan fingerprint density at radius 1 is 1.39 bits per heavy atom. The van der Waals surface area contributed by atoms with Crippen LogP contribution in [-0.2, 0) is 6.54 Å². The summed E-state index contributed by atoms with van der Waals surface area (Å²) < 4.78 is 1.21. The van der Waals surface area contributed by atoms with Gasteiger partial charge in [-0.1, -0.05) is 6.92 Å². The van der Waals surface area contributed by atoms with Gasteiger partial charge in [0.05, 0.1) is 0 Å². The van der Waals surface area contributed by atoms with E-state index < -0.39 is 0 Å². The van der Waals surface area contributed by atoms with E-state index in [1.54, 1.807) is 0 Å². The maximum Gasteiger partial charge on any atom is 0.0331 e. The van der Waals surface area contributed by atoms with Gasteiger partial charge in [0.2, 0.25) is 0 Å². The molecule has 0 radical (unpaired) electrons. The molecular formula is C14H23BrN2S. The Bertz CT molecular complexity index is 358. The molecule has 1 aliphatic rings. The third-order valence-electron chi connectivity index (χ3n) is 3.75. The fourth-order valence-corrected chi connectivity index (χ4v) is 4.26. The molecule has 4 heteroatoms. The van der Waals surface area contributed by atoms with Gasteiger partial charge in [0.15, 0.2) is 0 Å². The average molecular weight is 331 g/mol. The molecule has 1 aromatic rings. The number of rotatable bonds is 5. The van der Waals surface area contributed by atoms with Crippen molar-refractivity contribution in [2.24, 2.45) is 5.73 Å². The van der Waals surface area contributed by atoms with Crippen LogP contribution in [0.4, 0.5) is 0 Å². The predicted molar refractivity (Wildman–Crippen MR) is 83.0 cm³/mol. The van der Waals surface area contributed by atoms with Crippen LogP contribution < -0.4 is 5.73 Å². The van der Waals surface area contributed by atoms with Crippen molar-refractivity contribution in [3.8, 4) is 0 Å². The fourth-order valence-electron chi connectivity index (χ4n) is 2.78. The zero-order valence-corrected chi connectivity index (χ0v) is 13.5. The number of thiophene rings is 1. The van der Waals surface area contributed by atoms with Crippen LogP contribution in [0, 0.1) is 0 Å². The van der Waals surface area contributed by atoms with E-state index in [0.717, 1.165) is 12.6 Å². The molecule has 0 amide bonds. The molecule has 1 heterocycles. The Labute approximate surface area is 123 Å². The lowest BCUT2D eigenvalue weighted by Crippen LogP contribution is -2.40. The van der Waals surface area contributed by atoms with E-state index in [2.05, 4.69) is 39.2 Å². The van der Waals surface area contributed by atoms with Crippen molar-refractivity contribution in [2.45, 2.75) is 57.7 Å². The van der Waals surface area contributed by atoms with Crippen LogP contribution in [0.5, 0.6) is 0 Å². The van der Waals surface area contributed by atoms with E-state index >= 15 is 0 Å². The number of halogens is 1. The van der Waals surface area contributed by atoms with E-state index in [4.69, 9.17) is 5.73 Å². The number of nitrogens with zero attached hydrogens (tertiary/aromatic N) is 1. The summed E-state index contributed by atoms with van der Waals surface area (Å²) >= 11 is 5.40. The monoisotopic (exact) mass is 330 g/mol. The van der Waals surface area contributed by atoms with Gasteiger partial charge in [0, 0.05) is 33.4 Å². The molecule has 0 aliphatic heterocycles. The van der Waals surface area contributed by atoms with E-state index in [1.807, 2.05) is 11.3 Å². The quantitative estimate of drug-likeness (QED) is 0.884. The second-order valence-electron chi connectivity index (χ2n) is 5.27. The third-order valence-corrected chi connectivity index (χ3v) is 5.43. The summed E-state index contributed by atoms with van der Waals surface area (Å²) in [6, 6.07) is 3.44. The molecule has 0 aromatic carbocycles. The molecule has 2 rings (SSSR count). The summed E-state index contributed by atoms with van der Waals surface area (Å²) in [6.45, 7) is 4.57. The fraction of sp³-hybridized carbons (Fsp3) is 0.714. The molecule has 0 atom stereocenters. The highest BCUT2D eigenvalue weighted by Gasteiger charge is 2.24. The summed E-state index contributed by atoms with van der Waals surface area (Å²) in [7, 11) is 0. The lowest BCUT2D eigenvalue weighted by Gasteiger charge is -2.35. The smallest absolute Gasteiger partial charge is 0.0331 e. The van der Waals surface area contributed by atoms with Gasteiger partial charge in [-0.3, -0.25) is 4.90 Å². The first-order valence-electron chi connectivity index (χ1n) is 6.91. The number of hydrogen-bond acceptors (Lipinski definition) is 3. The van der Waals surface area contributed by atoms with Gasteiger partial charge < -0.3 is 5.73 Å². The lowest BCUT2D eigenvalue weighted by molar-refractivity contribution is 0.143. The average Bonchev–Trinajstić information content (AvgIpc) is 2.75. The van der Waals surface area contributed by atoms with Crippen molar-refractivity contribution in [3.63, 3.8) is 0 Å². The van der Waals surface area contributed by atoms with Gasteiger partial charge in [0.1, 0.15) is 0 Å². The Balaban J connectivity index is 1.94. The van der Waals surface area contributed by atoms with E-state index in [9.17, 15) is 0 Å². The van der Waals surface area contributed by atoms with Crippen LogP contribution in [0.15, 0.2) is 15.9 Å². The Hall–Kier alpha value is 0.1000. The second kappa shape index (κ2) is 7.04. The van der Waals surface area contributed by atoms with E-state index in [0.29, 0.717) is 6.04 Å². The molecule has 1 fully saturated rings. The first-order valence-corrected chi connectivity index (χ1v) is 8.59. The Morgan fingerprint density at radius 2 is 2.11 bits per heavy atom. The predicted octanol–water partition coefficient (Wildman–Crippen LogP) is 3.99. The topological polar surface area (TPSA) is 29.3 Å². The van der Waals surface area contributed by atoms with Crippen LogP contribution >= 0.6 is 27.3 Å². The first kappa shape index (κ1) is 14.5. The zero-order valence-electron chi connectivity index (χ0n) is 11.1. The van der Waals surface area contributed by atoms with Crippen molar-refractivity contribution in [1.82, 2.24) is 4.90 Å². The molecule has 2 nitrogen and oxygen atoms in total. The molecular weight excluding hydrogens is 308 g/mol. The molecule has 1 aromatic heterocycles. The van der Waals surface area contributed by atoms with Crippen molar-refractivity contribution >= 4 is 27.3 Å². The minimum Gasteiger partial charge on any atom is -0.328 e. The minimum atomic E-state index is 0.445. The maximum atomic E-state index is 6.00. The Morgan fingerprint density at radius 3 is 2.67 bits per heavy atom. The Kier molecular flexibility index (Phi) is 5.67. The van der Waals surface area contributed by atoms with Crippen LogP contribution in [0.3, 0.4) is 0 Å². The van der Waals surface area contributed by atoms with Gasteiger partial charge >= 0.3 is 0 Å². The molecule has 0 unspecified atom stereocenters. The van der Waals surface area contributed by atoms with Gasteiger partial charge in [-0.25, -0.2) is 0 Å². The summed E-state index contributed by atoms with van der Waals surface area (Å²) in [4.78, 5) is 4.12. The van der Waals surface area contributed by atoms with Gasteiger partial charge in [-0.15, -0.1) is 11.3 Å². The minimum absolute atomic E-state index is 0.445. The van der Waals surface area contributed by atoms with Gasteiger partial charge in [0.25, 0.3) is 0 Å². The van der Waals surface area contributed by atoms with Crippen LogP contribution in [0.1, 0.15) is 43.9 Å². The van der Waals surface area contributed by atoms with Crippen LogP contribution in [0.25, 0.3) is 0 Å². The van der Waals surface area contributed by atoms with Gasteiger partial charge in [-0.05, 0) is 60.6 Å². The SMILES string of the molecule is CCCN(Cc1cc(Br)cs1)C1CCC(N)CC1. The number of hydrogen-bond donors (Lipinski definition) is 1. The summed E-state index contributed by atoms with van der Waals surface area (Å²) in [5.74, 6) is 0. The normalized spacial score (nSPS) is 24.7. The molecule has 1 saturated carbocycles. The molecule has 2 N–H and O–H groups in total. The number of nitrogens with two attached hydrogens (primary N) is 1. The van der Waals surface area contributed by atoms with Crippen molar-refractivity contribution in [1.29, 1.82) is 0 Å². The summed E-state index contributed by atoms with van der Waals surface area (Å²) in [6.07, 6.45) is 6.16. The van der Waals surface area contributed by atoms with Crippen LogP contribution in [0.2, 0.25) is 0 Å². The molecule has 0 saturated heterocycles. The second-order valence-corrected chi connectivity index (χ2v) is 7.18. The van der Waals surface area contributed by atoms with Crippen molar-refractivity contribution in [3.05, 3.63) is 20.8 Å². The van der Waals surface area contributed by atoms with E-state index in [-0.39, 0.29) is 0 Å². The largest absolute Gasteiger partial charge is 0.328 e.